The normalized spacial score (nSPS) is 13.3. The van der Waals surface area contributed by atoms with Gasteiger partial charge in [-0.25, -0.2) is 0 Å². The average molecular weight is 284 g/mol. The van der Waals surface area contributed by atoms with E-state index in [1.807, 2.05) is 58.2 Å². The zero-order valence-corrected chi connectivity index (χ0v) is 11.8. The maximum absolute atomic E-state index is 12.1. The summed E-state index contributed by atoms with van der Waals surface area (Å²) in [4.78, 5) is 13.8. The molecule has 16 heavy (non-hydrogen) atoms. The molecule has 2 nitrogen and oxygen atoms in total. The molecule has 0 aromatic heterocycles. The average Bonchev–Trinajstić information content (AvgIpc) is 2.26. The topological polar surface area (TPSA) is 20.3 Å². The van der Waals surface area contributed by atoms with Crippen LogP contribution >= 0.6 is 15.9 Å². The number of nitrogens with zero attached hydrogens (tertiary/aromatic N) is 1. The number of amides is 1. The van der Waals surface area contributed by atoms with Crippen LogP contribution in [0.1, 0.15) is 32.4 Å². The Morgan fingerprint density at radius 3 is 2.25 bits per heavy atom. The molecular weight excluding hydrogens is 266 g/mol. The molecule has 1 atom stereocenters. The maximum atomic E-state index is 12.1. The molecule has 1 unspecified atom stereocenters. The van der Waals surface area contributed by atoms with Crippen molar-refractivity contribution in [3.63, 3.8) is 0 Å². The molecule has 1 amide bonds. The summed E-state index contributed by atoms with van der Waals surface area (Å²) >= 11 is 3.39. The first kappa shape index (κ1) is 13.2. The Morgan fingerprint density at radius 2 is 1.81 bits per heavy atom. The second-order valence-corrected chi connectivity index (χ2v) is 6.46. The van der Waals surface area contributed by atoms with Crippen molar-refractivity contribution in [2.24, 2.45) is 0 Å². The molecule has 0 aliphatic carbocycles. The van der Waals surface area contributed by atoms with E-state index in [9.17, 15) is 4.79 Å². The molecule has 3 heteroatoms. The lowest BCUT2D eigenvalue weighted by Crippen LogP contribution is -2.40. The molecule has 0 saturated carbocycles. The second-order valence-electron chi connectivity index (χ2n) is 4.48. The highest BCUT2D eigenvalue weighted by Crippen LogP contribution is 2.25. The van der Waals surface area contributed by atoms with Crippen molar-refractivity contribution in [2.75, 3.05) is 7.05 Å². The highest BCUT2D eigenvalue weighted by Gasteiger charge is 2.29. The molecule has 0 heterocycles. The molecule has 0 aliphatic rings. The third-order valence-electron chi connectivity index (χ3n) is 2.69. The lowest BCUT2D eigenvalue weighted by molar-refractivity contribution is -0.133. The molecule has 1 aromatic carbocycles. The van der Waals surface area contributed by atoms with Crippen LogP contribution in [-0.4, -0.2) is 22.2 Å². The second kappa shape index (κ2) is 5.00. The fourth-order valence-corrected chi connectivity index (χ4v) is 1.83. The Labute approximate surface area is 106 Å². The van der Waals surface area contributed by atoms with Gasteiger partial charge in [0.1, 0.15) is 0 Å². The van der Waals surface area contributed by atoms with E-state index in [1.165, 1.54) is 0 Å². The Morgan fingerprint density at radius 1 is 1.31 bits per heavy atom. The van der Waals surface area contributed by atoms with Gasteiger partial charge in [-0.05, 0) is 26.3 Å². The minimum Gasteiger partial charge on any atom is -0.338 e. The smallest absolute Gasteiger partial charge is 0.239 e. The van der Waals surface area contributed by atoms with Gasteiger partial charge in [-0.1, -0.05) is 46.3 Å². The number of carbonyl (C=O) groups is 1. The van der Waals surface area contributed by atoms with Crippen LogP contribution in [0, 0.1) is 0 Å². The van der Waals surface area contributed by atoms with Crippen LogP contribution in [0.25, 0.3) is 0 Å². The minimum absolute atomic E-state index is 0.0869. The molecular formula is C13H18BrNO. The Bertz CT molecular complexity index is 356. The summed E-state index contributed by atoms with van der Waals surface area (Å²) in [6.45, 7) is 5.76. The summed E-state index contributed by atoms with van der Waals surface area (Å²) in [5, 5.41) is 0. The molecule has 0 saturated heterocycles. The van der Waals surface area contributed by atoms with Crippen molar-refractivity contribution in [3.8, 4) is 0 Å². The van der Waals surface area contributed by atoms with Crippen LogP contribution in [0.4, 0.5) is 0 Å². The third kappa shape index (κ3) is 3.08. The van der Waals surface area contributed by atoms with Gasteiger partial charge in [0.2, 0.25) is 5.91 Å². The van der Waals surface area contributed by atoms with E-state index in [-0.39, 0.29) is 11.9 Å². The van der Waals surface area contributed by atoms with E-state index in [4.69, 9.17) is 0 Å². The van der Waals surface area contributed by atoms with Crippen LogP contribution in [0.3, 0.4) is 0 Å². The summed E-state index contributed by atoms with van der Waals surface area (Å²) in [5.41, 5.74) is 1.15. The number of rotatable bonds is 3. The standard InChI is InChI=1S/C13H18BrNO/c1-10(11-8-6-5-7-9-11)15(4)12(16)13(2,3)14/h5-10H,1-4H3. The zero-order valence-electron chi connectivity index (χ0n) is 10.2. The minimum atomic E-state index is -0.509. The fraction of sp³-hybridized carbons (Fsp3) is 0.462. The summed E-state index contributed by atoms with van der Waals surface area (Å²) < 4.78 is -0.509. The van der Waals surface area contributed by atoms with E-state index >= 15 is 0 Å². The van der Waals surface area contributed by atoms with Gasteiger partial charge in [0.05, 0.1) is 10.4 Å². The van der Waals surface area contributed by atoms with Crippen molar-refractivity contribution >= 4 is 21.8 Å². The van der Waals surface area contributed by atoms with Crippen LogP contribution < -0.4 is 0 Å². The van der Waals surface area contributed by atoms with Gasteiger partial charge >= 0.3 is 0 Å². The number of carbonyl (C=O) groups excluding carboxylic acids is 1. The van der Waals surface area contributed by atoms with Gasteiger partial charge in [-0.3, -0.25) is 4.79 Å². The zero-order chi connectivity index (χ0) is 12.3. The predicted octanol–water partition coefficient (Wildman–Crippen LogP) is 3.38. The van der Waals surface area contributed by atoms with Crippen LogP contribution in [0.5, 0.6) is 0 Å². The van der Waals surface area contributed by atoms with Gasteiger partial charge in [0.15, 0.2) is 0 Å². The van der Waals surface area contributed by atoms with Gasteiger partial charge in [-0.15, -0.1) is 0 Å². The Hall–Kier alpha value is -0.830. The summed E-state index contributed by atoms with van der Waals surface area (Å²) in [6.07, 6.45) is 0. The quantitative estimate of drug-likeness (QED) is 0.779. The Kier molecular flexibility index (Phi) is 4.14. The molecule has 88 valence electrons. The van der Waals surface area contributed by atoms with E-state index in [2.05, 4.69) is 15.9 Å². The molecule has 1 aromatic rings. The summed E-state index contributed by atoms with van der Waals surface area (Å²) in [5.74, 6) is 0.0869. The number of hydrogen-bond donors (Lipinski definition) is 0. The maximum Gasteiger partial charge on any atom is 0.239 e. The highest BCUT2D eigenvalue weighted by atomic mass is 79.9. The van der Waals surface area contributed by atoms with E-state index in [1.54, 1.807) is 4.90 Å². The van der Waals surface area contributed by atoms with Crippen molar-refractivity contribution in [1.29, 1.82) is 0 Å². The first-order valence-electron chi connectivity index (χ1n) is 5.35. The first-order valence-corrected chi connectivity index (χ1v) is 6.14. The number of benzene rings is 1. The molecule has 0 bridgehead atoms. The molecule has 0 radical (unpaired) electrons. The van der Waals surface area contributed by atoms with Gasteiger partial charge in [-0.2, -0.15) is 0 Å². The SMILES string of the molecule is CC(c1ccccc1)N(C)C(=O)C(C)(C)Br. The number of alkyl halides is 1. The predicted molar refractivity (Wildman–Crippen MR) is 70.6 cm³/mol. The largest absolute Gasteiger partial charge is 0.338 e. The van der Waals surface area contributed by atoms with Crippen molar-refractivity contribution in [3.05, 3.63) is 35.9 Å². The van der Waals surface area contributed by atoms with Crippen LogP contribution in [0.2, 0.25) is 0 Å². The van der Waals surface area contributed by atoms with E-state index in [0.717, 1.165) is 5.56 Å². The lowest BCUT2D eigenvalue weighted by atomic mass is 10.1. The lowest BCUT2D eigenvalue weighted by Gasteiger charge is -2.30. The monoisotopic (exact) mass is 283 g/mol. The van der Waals surface area contributed by atoms with Crippen molar-refractivity contribution in [1.82, 2.24) is 4.90 Å². The number of hydrogen-bond acceptors (Lipinski definition) is 1. The molecule has 0 fully saturated rings. The van der Waals surface area contributed by atoms with Crippen LogP contribution in [0.15, 0.2) is 30.3 Å². The van der Waals surface area contributed by atoms with Gasteiger partial charge in [0, 0.05) is 7.05 Å². The third-order valence-corrected chi connectivity index (χ3v) is 3.03. The molecule has 0 N–H and O–H groups in total. The van der Waals surface area contributed by atoms with E-state index < -0.39 is 4.32 Å². The van der Waals surface area contributed by atoms with Crippen molar-refractivity contribution < 1.29 is 4.79 Å². The summed E-state index contributed by atoms with van der Waals surface area (Å²) in [7, 11) is 1.84. The van der Waals surface area contributed by atoms with Gasteiger partial charge in [0.25, 0.3) is 0 Å². The Balaban J connectivity index is 2.83. The molecule has 0 spiro atoms. The highest BCUT2D eigenvalue weighted by molar-refractivity contribution is 9.10. The first-order chi connectivity index (χ1) is 7.34. The van der Waals surface area contributed by atoms with Crippen LogP contribution in [-0.2, 0) is 4.79 Å². The summed E-state index contributed by atoms with van der Waals surface area (Å²) in [6, 6.07) is 10.1. The number of halogens is 1. The molecule has 1 rings (SSSR count). The van der Waals surface area contributed by atoms with E-state index in [0.29, 0.717) is 0 Å². The van der Waals surface area contributed by atoms with Crippen molar-refractivity contribution in [2.45, 2.75) is 31.1 Å². The fourth-order valence-electron chi connectivity index (χ4n) is 1.55. The van der Waals surface area contributed by atoms with Gasteiger partial charge < -0.3 is 4.90 Å². The molecule has 0 aliphatic heterocycles.